The molecule has 3 heteroatoms. The zero-order valence-corrected chi connectivity index (χ0v) is 10.7. The molecule has 1 aromatic rings. The van der Waals surface area contributed by atoms with E-state index < -0.39 is 5.97 Å². The van der Waals surface area contributed by atoms with Crippen molar-refractivity contribution in [1.82, 2.24) is 0 Å². The van der Waals surface area contributed by atoms with Gasteiger partial charge in [0.1, 0.15) is 0 Å². The summed E-state index contributed by atoms with van der Waals surface area (Å²) in [6, 6.07) is 5.56. The standard InChI is InChI=1S/C8H7O2.Tl/c1-6-3-2-4-7(5-6)8(9)10;/h2-3,5H,1H3,(H,9,10);. The predicted octanol–water partition coefficient (Wildman–Crippen LogP) is 0.487. The van der Waals surface area contributed by atoms with Crippen molar-refractivity contribution in [2.45, 2.75) is 6.92 Å². The maximum absolute atomic E-state index is 10.6. The number of carboxylic acids is 1. The number of rotatable bonds is 1. The SMILES string of the molecule is Cc1cc[c]([Tl])c(C(=O)O)c1. The Balaban J connectivity index is 3.23. The summed E-state index contributed by atoms with van der Waals surface area (Å²) in [5, 5.41) is 8.72. The molecule has 0 aromatic heterocycles. The molecule has 0 aliphatic carbocycles. The fourth-order valence-corrected chi connectivity index (χ4v) is 2.03. The molecule has 0 amide bonds. The quantitative estimate of drug-likeness (QED) is 0.756. The fraction of sp³-hybridized carbons (Fsp3) is 0.125. The monoisotopic (exact) mass is 340 g/mol. The Morgan fingerprint density at radius 2 is 2.18 bits per heavy atom. The van der Waals surface area contributed by atoms with Crippen molar-refractivity contribution in [2.75, 3.05) is 0 Å². The third kappa shape index (κ3) is 2.02. The van der Waals surface area contributed by atoms with Gasteiger partial charge in [-0.05, 0) is 0 Å². The van der Waals surface area contributed by atoms with E-state index in [1.54, 1.807) is 6.07 Å². The molecule has 54 valence electrons. The minimum absolute atomic E-state index is 0.468. The van der Waals surface area contributed by atoms with Gasteiger partial charge in [0.2, 0.25) is 0 Å². The molecule has 11 heavy (non-hydrogen) atoms. The van der Waals surface area contributed by atoms with Crippen LogP contribution < -0.4 is 3.12 Å². The summed E-state index contributed by atoms with van der Waals surface area (Å²) in [7, 11) is 0. The normalized spacial score (nSPS) is 9.45. The van der Waals surface area contributed by atoms with Gasteiger partial charge in [0.15, 0.2) is 0 Å². The number of hydrogen-bond donors (Lipinski definition) is 1. The second-order valence-corrected chi connectivity index (χ2v) is 4.81. The average molecular weight is 340 g/mol. The van der Waals surface area contributed by atoms with Gasteiger partial charge in [-0.1, -0.05) is 0 Å². The van der Waals surface area contributed by atoms with E-state index in [0.29, 0.717) is 31.3 Å². The molecule has 2 nitrogen and oxygen atoms in total. The van der Waals surface area contributed by atoms with Crippen LogP contribution in [0, 0.1) is 6.92 Å². The van der Waals surface area contributed by atoms with Crippen molar-refractivity contribution in [1.29, 1.82) is 0 Å². The molecular formula is C8H7O2Tl. The van der Waals surface area contributed by atoms with Crippen molar-refractivity contribution in [3.8, 4) is 0 Å². The topological polar surface area (TPSA) is 37.3 Å². The first-order valence-electron chi connectivity index (χ1n) is 3.20. The average Bonchev–Trinajstić information content (AvgIpc) is 1.94. The summed E-state index contributed by atoms with van der Waals surface area (Å²) in [6.45, 7) is 1.90. The van der Waals surface area contributed by atoms with Gasteiger partial charge in [-0.25, -0.2) is 0 Å². The summed E-state index contributed by atoms with van der Waals surface area (Å²) in [5.41, 5.74) is 1.47. The molecule has 1 rings (SSSR count). The van der Waals surface area contributed by atoms with Gasteiger partial charge >= 0.3 is 81.0 Å². The molecule has 0 saturated heterocycles. The predicted molar refractivity (Wildman–Crippen MR) is 43.5 cm³/mol. The molecular weight excluding hydrogens is 332 g/mol. The van der Waals surface area contributed by atoms with Crippen LogP contribution in [0.15, 0.2) is 18.2 Å². The first-order valence-corrected chi connectivity index (χ1v) is 5.45. The van der Waals surface area contributed by atoms with Crippen LogP contribution in [0.3, 0.4) is 0 Å². The summed E-state index contributed by atoms with van der Waals surface area (Å²) in [4.78, 5) is 10.6. The van der Waals surface area contributed by atoms with E-state index in [1.807, 2.05) is 19.1 Å². The van der Waals surface area contributed by atoms with E-state index in [4.69, 9.17) is 5.11 Å². The number of hydrogen-bond acceptors (Lipinski definition) is 1. The zero-order valence-electron chi connectivity index (χ0n) is 6.16. The fourth-order valence-electron chi connectivity index (χ4n) is 0.855. The third-order valence-electron chi connectivity index (χ3n) is 1.44. The van der Waals surface area contributed by atoms with Crippen LogP contribution in [0.25, 0.3) is 0 Å². The molecule has 0 aliphatic heterocycles. The summed E-state index contributed by atoms with van der Waals surface area (Å²) in [6.07, 6.45) is 0. The van der Waals surface area contributed by atoms with Crippen molar-refractivity contribution < 1.29 is 9.90 Å². The van der Waals surface area contributed by atoms with Crippen molar-refractivity contribution in [3.05, 3.63) is 29.3 Å². The summed E-state index contributed by atoms with van der Waals surface area (Å²) < 4.78 is 0.975. The minimum atomic E-state index is -0.814. The summed E-state index contributed by atoms with van der Waals surface area (Å²) >= 11 is 0.590. The molecule has 0 bridgehead atoms. The van der Waals surface area contributed by atoms with Crippen molar-refractivity contribution >= 4 is 34.9 Å². The van der Waals surface area contributed by atoms with E-state index in [1.165, 1.54) is 0 Å². The summed E-state index contributed by atoms with van der Waals surface area (Å²) in [5.74, 6) is -0.814. The van der Waals surface area contributed by atoms with Gasteiger partial charge in [0.05, 0.1) is 0 Å². The molecule has 0 atom stereocenters. The molecule has 0 unspecified atom stereocenters. The number of aryl methyl sites for hydroxylation is 1. The number of aromatic carboxylic acids is 1. The number of carboxylic acid groups (broad SMARTS) is 1. The molecule has 0 aliphatic rings. The maximum atomic E-state index is 10.6. The molecule has 0 fully saturated rings. The van der Waals surface area contributed by atoms with Gasteiger partial charge in [-0.15, -0.1) is 0 Å². The van der Waals surface area contributed by atoms with Crippen molar-refractivity contribution in [2.24, 2.45) is 0 Å². The first kappa shape index (κ1) is 8.71. The van der Waals surface area contributed by atoms with Crippen LogP contribution in [0.4, 0.5) is 0 Å². The Hall–Kier alpha value is -0.388. The van der Waals surface area contributed by atoms with E-state index in [0.717, 1.165) is 8.69 Å². The first-order chi connectivity index (χ1) is 5.11. The van der Waals surface area contributed by atoms with Gasteiger partial charge < -0.3 is 0 Å². The second kappa shape index (κ2) is 3.34. The van der Waals surface area contributed by atoms with E-state index in [9.17, 15) is 4.79 Å². The third-order valence-corrected chi connectivity index (χ3v) is 3.40. The Morgan fingerprint density at radius 1 is 1.55 bits per heavy atom. The van der Waals surface area contributed by atoms with E-state index in [2.05, 4.69) is 0 Å². The number of carbonyl (C=O) groups is 1. The van der Waals surface area contributed by atoms with Gasteiger partial charge in [-0.2, -0.15) is 0 Å². The molecule has 0 heterocycles. The van der Waals surface area contributed by atoms with Crippen LogP contribution in [0.1, 0.15) is 15.9 Å². The number of benzene rings is 1. The molecule has 0 radical (unpaired) electrons. The van der Waals surface area contributed by atoms with E-state index >= 15 is 0 Å². The van der Waals surface area contributed by atoms with Gasteiger partial charge in [-0.3, -0.25) is 0 Å². The molecule has 1 N–H and O–H groups in total. The van der Waals surface area contributed by atoms with Crippen molar-refractivity contribution in [3.63, 3.8) is 0 Å². The molecule has 0 saturated carbocycles. The Kier molecular flexibility index (Phi) is 2.64. The van der Waals surface area contributed by atoms with Crippen LogP contribution in [-0.2, 0) is 0 Å². The zero-order chi connectivity index (χ0) is 8.43. The van der Waals surface area contributed by atoms with E-state index in [-0.39, 0.29) is 0 Å². The van der Waals surface area contributed by atoms with Crippen LogP contribution in [0.5, 0.6) is 0 Å². The Morgan fingerprint density at radius 3 is 2.64 bits per heavy atom. The van der Waals surface area contributed by atoms with Crippen LogP contribution in [-0.4, -0.2) is 36.8 Å². The van der Waals surface area contributed by atoms with Crippen LogP contribution in [0.2, 0.25) is 0 Å². The Labute approximate surface area is 80.9 Å². The Bertz CT molecular complexity index is 294. The van der Waals surface area contributed by atoms with Gasteiger partial charge in [0, 0.05) is 0 Å². The molecule has 0 spiro atoms. The molecule has 1 aromatic carbocycles. The van der Waals surface area contributed by atoms with Crippen LogP contribution >= 0.6 is 0 Å². The second-order valence-electron chi connectivity index (χ2n) is 2.40. The van der Waals surface area contributed by atoms with Gasteiger partial charge in [0.25, 0.3) is 0 Å².